The van der Waals surface area contributed by atoms with Crippen LogP contribution in [0.1, 0.15) is 32.3 Å². The van der Waals surface area contributed by atoms with Gasteiger partial charge < -0.3 is 10.2 Å². The highest BCUT2D eigenvalue weighted by Crippen LogP contribution is 2.29. The van der Waals surface area contributed by atoms with Crippen LogP contribution in [0.25, 0.3) is 0 Å². The minimum atomic E-state index is -4.18. The molecule has 0 aliphatic carbocycles. The number of para-hydroxylation sites is 1. The van der Waals surface area contributed by atoms with Gasteiger partial charge in [-0.1, -0.05) is 72.9 Å². The molecule has 3 rings (SSSR count). The van der Waals surface area contributed by atoms with Crippen molar-refractivity contribution in [2.75, 3.05) is 17.4 Å². The molecule has 0 bridgehead atoms. The molecule has 0 spiro atoms. The van der Waals surface area contributed by atoms with Crippen molar-refractivity contribution in [3.8, 4) is 0 Å². The summed E-state index contributed by atoms with van der Waals surface area (Å²) in [4.78, 5) is 28.4. The molecule has 0 saturated heterocycles. The summed E-state index contributed by atoms with van der Waals surface area (Å²) in [5, 5.41) is 3.88. The van der Waals surface area contributed by atoms with E-state index in [0.717, 1.165) is 4.31 Å². The Morgan fingerprint density at radius 3 is 2.05 bits per heavy atom. The lowest BCUT2D eigenvalue weighted by Crippen LogP contribution is -2.52. The minimum Gasteiger partial charge on any atom is -0.354 e. The first-order chi connectivity index (χ1) is 18.6. The number of hydrogen-bond donors (Lipinski definition) is 1. The van der Waals surface area contributed by atoms with Crippen LogP contribution in [0.15, 0.2) is 77.7 Å². The van der Waals surface area contributed by atoms with Gasteiger partial charge in [-0.25, -0.2) is 8.42 Å². The van der Waals surface area contributed by atoms with E-state index in [1.165, 1.54) is 29.2 Å². The number of carbonyl (C=O) groups is 2. The smallest absolute Gasteiger partial charge is 0.264 e. The van der Waals surface area contributed by atoms with Gasteiger partial charge in [-0.05, 0) is 61.4 Å². The first-order valence-electron chi connectivity index (χ1n) is 12.4. The second-order valence-corrected chi connectivity index (χ2v) is 11.9. The SMILES string of the molecule is CCCNC(=O)[C@@H](CC)N(Cc1c(Cl)cccc1Cl)C(=O)CN(c1ccccc1)S(=O)(=O)c1ccc(Cl)cc1. The van der Waals surface area contributed by atoms with Gasteiger partial charge in [-0.3, -0.25) is 13.9 Å². The molecular formula is C28H30Cl3N3O4S. The van der Waals surface area contributed by atoms with Gasteiger partial charge in [0.15, 0.2) is 0 Å². The summed E-state index contributed by atoms with van der Waals surface area (Å²) in [5.41, 5.74) is 0.753. The molecule has 0 radical (unpaired) electrons. The van der Waals surface area contributed by atoms with Crippen LogP contribution in [-0.2, 0) is 26.2 Å². The summed E-state index contributed by atoms with van der Waals surface area (Å²) in [7, 11) is -4.18. The highest BCUT2D eigenvalue weighted by molar-refractivity contribution is 7.92. The molecule has 0 fully saturated rings. The molecule has 3 aromatic rings. The van der Waals surface area contributed by atoms with Crippen molar-refractivity contribution in [1.29, 1.82) is 0 Å². The number of benzene rings is 3. The average molecular weight is 611 g/mol. The van der Waals surface area contributed by atoms with Crippen molar-refractivity contribution < 1.29 is 18.0 Å². The fourth-order valence-electron chi connectivity index (χ4n) is 4.00. The summed E-state index contributed by atoms with van der Waals surface area (Å²) in [6.07, 6.45) is 1.01. The third-order valence-corrected chi connectivity index (χ3v) is 8.80. The van der Waals surface area contributed by atoms with Crippen LogP contribution in [0.3, 0.4) is 0 Å². The second kappa shape index (κ2) is 14.0. The maximum atomic E-state index is 14.0. The molecule has 0 aliphatic heterocycles. The first kappa shape index (κ1) is 30.8. The predicted molar refractivity (Wildman–Crippen MR) is 157 cm³/mol. The molecule has 0 unspecified atom stereocenters. The van der Waals surface area contributed by atoms with Gasteiger partial charge in [0, 0.05) is 33.7 Å². The van der Waals surface area contributed by atoms with Crippen molar-refractivity contribution in [2.45, 2.75) is 44.2 Å². The number of hydrogen-bond acceptors (Lipinski definition) is 4. The van der Waals surface area contributed by atoms with E-state index in [-0.39, 0.29) is 17.3 Å². The number of sulfonamides is 1. The quantitative estimate of drug-likeness (QED) is 0.266. The van der Waals surface area contributed by atoms with Crippen molar-refractivity contribution in [2.24, 2.45) is 0 Å². The Morgan fingerprint density at radius 2 is 1.49 bits per heavy atom. The zero-order valence-corrected chi connectivity index (χ0v) is 24.7. The van der Waals surface area contributed by atoms with Crippen LogP contribution >= 0.6 is 34.8 Å². The summed E-state index contributed by atoms with van der Waals surface area (Å²) in [6, 6.07) is 18.1. The summed E-state index contributed by atoms with van der Waals surface area (Å²) < 4.78 is 28.6. The molecule has 39 heavy (non-hydrogen) atoms. The van der Waals surface area contributed by atoms with Crippen LogP contribution in [-0.4, -0.2) is 44.3 Å². The Labute approximate surface area is 244 Å². The molecule has 0 aromatic heterocycles. The van der Waals surface area contributed by atoms with Crippen LogP contribution in [0.2, 0.25) is 15.1 Å². The van der Waals surface area contributed by atoms with E-state index in [4.69, 9.17) is 34.8 Å². The Hall–Kier alpha value is -2.78. The summed E-state index contributed by atoms with van der Waals surface area (Å²) >= 11 is 18.8. The first-order valence-corrected chi connectivity index (χ1v) is 15.0. The fourth-order valence-corrected chi connectivity index (χ4v) is 6.05. The molecule has 0 saturated carbocycles. The molecule has 11 heteroatoms. The van der Waals surface area contributed by atoms with Gasteiger partial charge in [-0.15, -0.1) is 0 Å². The number of amides is 2. The van der Waals surface area contributed by atoms with Crippen LogP contribution < -0.4 is 9.62 Å². The average Bonchev–Trinajstić information content (AvgIpc) is 2.92. The van der Waals surface area contributed by atoms with E-state index in [9.17, 15) is 18.0 Å². The molecule has 7 nitrogen and oxygen atoms in total. The number of anilines is 1. The van der Waals surface area contributed by atoms with Gasteiger partial charge in [-0.2, -0.15) is 0 Å². The molecule has 208 valence electrons. The number of halogens is 3. The third kappa shape index (κ3) is 7.66. The van der Waals surface area contributed by atoms with Gasteiger partial charge in [0.05, 0.1) is 10.6 Å². The van der Waals surface area contributed by atoms with E-state index in [1.807, 2.05) is 6.92 Å². The van der Waals surface area contributed by atoms with Crippen molar-refractivity contribution in [3.63, 3.8) is 0 Å². The Kier molecular flexibility index (Phi) is 11.1. The van der Waals surface area contributed by atoms with E-state index >= 15 is 0 Å². The lowest BCUT2D eigenvalue weighted by atomic mass is 10.1. The van der Waals surface area contributed by atoms with Crippen molar-refractivity contribution in [3.05, 3.63) is 93.4 Å². The van der Waals surface area contributed by atoms with Crippen molar-refractivity contribution >= 4 is 62.3 Å². The molecule has 1 N–H and O–H groups in total. The maximum Gasteiger partial charge on any atom is 0.264 e. The lowest BCUT2D eigenvalue weighted by Gasteiger charge is -2.33. The monoisotopic (exact) mass is 609 g/mol. The van der Waals surface area contributed by atoms with E-state index in [0.29, 0.717) is 45.7 Å². The highest BCUT2D eigenvalue weighted by Gasteiger charge is 2.34. The molecular weight excluding hydrogens is 581 g/mol. The number of nitrogens with zero attached hydrogens (tertiary/aromatic N) is 2. The Morgan fingerprint density at radius 1 is 0.872 bits per heavy atom. The third-order valence-electron chi connectivity index (χ3n) is 6.05. The fraction of sp³-hybridized carbons (Fsp3) is 0.286. The standard InChI is InChI=1S/C28H30Cl3N3O4S/c1-3-17-32-28(36)26(4-2)33(18-23-24(30)11-8-12-25(23)31)27(35)19-34(21-9-6-5-7-10-21)39(37,38)22-15-13-20(29)14-16-22/h5-16,26H,3-4,17-19H2,1-2H3,(H,32,36)/t26-/m1/s1. The van der Waals surface area contributed by atoms with Gasteiger partial charge in [0.2, 0.25) is 11.8 Å². The second-order valence-electron chi connectivity index (χ2n) is 8.74. The van der Waals surface area contributed by atoms with Gasteiger partial charge in [0.1, 0.15) is 12.6 Å². The molecule has 0 aliphatic rings. The lowest BCUT2D eigenvalue weighted by molar-refractivity contribution is -0.140. The molecule has 2 amide bonds. The summed E-state index contributed by atoms with van der Waals surface area (Å²) in [5.74, 6) is -0.937. The highest BCUT2D eigenvalue weighted by atomic mass is 35.5. The van der Waals surface area contributed by atoms with Gasteiger partial charge >= 0.3 is 0 Å². The Balaban J connectivity index is 2.06. The molecule has 0 heterocycles. The number of nitrogens with one attached hydrogen (secondary N) is 1. The molecule has 3 aromatic carbocycles. The number of carbonyl (C=O) groups excluding carboxylic acids is 2. The zero-order chi connectivity index (χ0) is 28.6. The zero-order valence-electron chi connectivity index (χ0n) is 21.6. The van der Waals surface area contributed by atoms with Crippen LogP contribution in [0.5, 0.6) is 0 Å². The minimum absolute atomic E-state index is 0.0306. The van der Waals surface area contributed by atoms with Crippen LogP contribution in [0.4, 0.5) is 5.69 Å². The van der Waals surface area contributed by atoms with Crippen molar-refractivity contribution in [1.82, 2.24) is 10.2 Å². The summed E-state index contributed by atoms with van der Waals surface area (Å²) in [6.45, 7) is 3.50. The predicted octanol–water partition coefficient (Wildman–Crippen LogP) is 6.18. The van der Waals surface area contributed by atoms with Gasteiger partial charge in [0.25, 0.3) is 10.0 Å². The normalized spacial score (nSPS) is 12.0. The van der Waals surface area contributed by atoms with Crippen LogP contribution in [0, 0.1) is 0 Å². The number of rotatable bonds is 12. The van der Waals surface area contributed by atoms with E-state index < -0.39 is 28.5 Å². The Bertz CT molecular complexity index is 1370. The maximum absolute atomic E-state index is 14.0. The largest absolute Gasteiger partial charge is 0.354 e. The molecule has 1 atom stereocenters. The van der Waals surface area contributed by atoms with E-state index in [2.05, 4.69) is 5.32 Å². The van der Waals surface area contributed by atoms with E-state index in [1.54, 1.807) is 55.5 Å². The topological polar surface area (TPSA) is 86.8 Å².